The van der Waals surface area contributed by atoms with Gasteiger partial charge in [-0.05, 0) is 71.8 Å². The maximum absolute atomic E-state index is 6.39. The van der Waals surface area contributed by atoms with E-state index in [4.69, 9.17) is 16.6 Å². The van der Waals surface area contributed by atoms with Crippen LogP contribution in [0, 0.1) is 0 Å². The Bertz CT molecular complexity index is 1140. The van der Waals surface area contributed by atoms with Crippen molar-refractivity contribution in [1.82, 2.24) is 9.88 Å². The highest BCUT2D eigenvalue weighted by Crippen LogP contribution is 2.33. The van der Waals surface area contributed by atoms with E-state index in [2.05, 4.69) is 68.2 Å². The van der Waals surface area contributed by atoms with Crippen molar-refractivity contribution < 1.29 is 0 Å². The summed E-state index contributed by atoms with van der Waals surface area (Å²) in [6.45, 7) is 13.9. The number of nitrogens with zero attached hydrogens (tertiary/aromatic N) is 3. The van der Waals surface area contributed by atoms with Crippen LogP contribution in [0.4, 0.5) is 5.69 Å². The summed E-state index contributed by atoms with van der Waals surface area (Å²) in [5.41, 5.74) is 4.88. The molecule has 2 aromatic carbocycles. The van der Waals surface area contributed by atoms with E-state index in [9.17, 15) is 0 Å². The molecule has 1 heterocycles. The van der Waals surface area contributed by atoms with Gasteiger partial charge in [0.2, 0.25) is 0 Å². The quantitative estimate of drug-likeness (QED) is 0.197. The number of benzene rings is 2. The fourth-order valence-corrected chi connectivity index (χ4v) is 4.21. The first-order valence-corrected chi connectivity index (χ1v) is 12.6. The normalized spacial score (nSPS) is 11.9. The Hall–Kier alpha value is -2.76. The fraction of sp³-hybridized carbons (Fsp3) is 0.286. The molecule has 178 valence electrons. The first-order valence-electron chi connectivity index (χ1n) is 11.4. The molecule has 6 heteroatoms. The predicted molar refractivity (Wildman–Crippen MR) is 149 cm³/mol. The number of amidine groups is 1. The summed E-state index contributed by atoms with van der Waals surface area (Å²) in [5.74, 6) is 0.781. The Balaban J connectivity index is 1.85. The van der Waals surface area contributed by atoms with Crippen molar-refractivity contribution in [2.75, 3.05) is 18.3 Å². The van der Waals surface area contributed by atoms with Crippen molar-refractivity contribution in [3.63, 3.8) is 0 Å². The zero-order chi connectivity index (χ0) is 24.7. The molecule has 0 aliphatic carbocycles. The summed E-state index contributed by atoms with van der Waals surface area (Å²) in [7, 11) is 1.97. The van der Waals surface area contributed by atoms with Gasteiger partial charge in [0.15, 0.2) is 5.84 Å². The first kappa shape index (κ1) is 25.9. The number of aromatic nitrogens is 1. The Morgan fingerprint density at radius 1 is 1.12 bits per heavy atom. The van der Waals surface area contributed by atoms with Crippen LogP contribution in [0.1, 0.15) is 50.9 Å². The van der Waals surface area contributed by atoms with E-state index in [0.717, 1.165) is 39.8 Å². The second-order valence-corrected chi connectivity index (χ2v) is 10.4. The maximum atomic E-state index is 6.39. The van der Waals surface area contributed by atoms with Gasteiger partial charge in [0.25, 0.3) is 0 Å². The van der Waals surface area contributed by atoms with Gasteiger partial charge >= 0.3 is 0 Å². The fourth-order valence-electron chi connectivity index (χ4n) is 3.36. The molecule has 1 aromatic heterocycles. The molecule has 0 saturated heterocycles. The molecule has 4 nitrogen and oxygen atoms in total. The average molecular weight is 493 g/mol. The zero-order valence-electron chi connectivity index (χ0n) is 20.6. The van der Waals surface area contributed by atoms with Crippen LogP contribution in [0.5, 0.6) is 0 Å². The first-order chi connectivity index (χ1) is 16.2. The van der Waals surface area contributed by atoms with E-state index in [1.54, 1.807) is 18.1 Å². The lowest BCUT2D eigenvalue weighted by atomic mass is 9.87. The molecule has 3 aromatic rings. The number of pyridine rings is 1. The van der Waals surface area contributed by atoms with Crippen molar-refractivity contribution >= 4 is 40.8 Å². The molecule has 34 heavy (non-hydrogen) atoms. The van der Waals surface area contributed by atoms with Crippen LogP contribution in [-0.4, -0.2) is 29.3 Å². The average Bonchev–Trinajstić information content (AvgIpc) is 2.83. The minimum Gasteiger partial charge on any atom is -0.328 e. The third-order valence-electron chi connectivity index (χ3n) is 5.39. The van der Waals surface area contributed by atoms with Crippen molar-refractivity contribution in [3.8, 4) is 0 Å². The molecular formula is C28H33ClN4S. The van der Waals surface area contributed by atoms with Gasteiger partial charge in [-0.1, -0.05) is 64.1 Å². The van der Waals surface area contributed by atoms with E-state index >= 15 is 0 Å². The molecule has 0 atom stereocenters. The summed E-state index contributed by atoms with van der Waals surface area (Å²) < 4.78 is 3.49. The van der Waals surface area contributed by atoms with Crippen LogP contribution in [0.2, 0.25) is 5.02 Å². The summed E-state index contributed by atoms with van der Waals surface area (Å²) in [5, 5.41) is 0.652. The number of hydrogen-bond donors (Lipinski definition) is 1. The number of aliphatic imine (C=N–C) groups is 1. The lowest BCUT2D eigenvalue weighted by molar-refractivity contribution is 0.590. The zero-order valence-corrected chi connectivity index (χ0v) is 22.2. The van der Waals surface area contributed by atoms with Crippen LogP contribution in [0.25, 0.3) is 5.70 Å². The van der Waals surface area contributed by atoms with E-state index < -0.39 is 0 Å². The number of halogens is 1. The van der Waals surface area contributed by atoms with E-state index in [1.165, 1.54) is 5.56 Å². The Morgan fingerprint density at radius 3 is 2.47 bits per heavy atom. The molecule has 0 spiro atoms. The van der Waals surface area contributed by atoms with Crippen LogP contribution in [0.3, 0.4) is 0 Å². The molecule has 0 radical (unpaired) electrons. The molecule has 3 rings (SSSR count). The number of anilines is 1. The Morgan fingerprint density at radius 2 is 1.85 bits per heavy atom. The van der Waals surface area contributed by atoms with Gasteiger partial charge in [0, 0.05) is 41.0 Å². The van der Waals surface area contributed by atoms with Gasteiger partial charge in [-0.25, -0.2) is 0 Å². The SMILES string of the molecule is C=C(c1cc(Cl)ccc1NSc1ccc(C(C)(C)C)cc1)N(C)C(=NCCC)c1ccccn1. The van der Waals surface area contributed by atoms with E-state index in [0.29, 0.717) is 11.6 Å². The predicted octanol–water partition coefficient (Wildman–Crippen LogP) is 7.91. The summed E-state index contributed by atoms with van der Waals surface area (Å²) in [6.07, 6.45) is 2.73. The van der Waals surface area contributed by atoms with Crippen LogP contribution in [-0.2, 0) is 5.41 Å². The van der Waals surface area contributed by atoms with Gasteiger partial charge in [-0.2, -0.15) is 0 Å². The Kier molecular flexibility index (Phi) is 8.81. The summed E-state index contributed by atoms with van der Waals surface area (Å²) in [4.78, 5) is 12.4. The van der Waals surface area contributed by atoms with Gasteiger partial charge in [0.05, 0.1) is 5.69 Å². The highest BCUT2D eigenvalue weighted by atomic mass is 35.5. The third-order valence-corrected chi connectivity index (χ3v) is 6.46. The van der Waals surface area contributed by atoms with Gasteiger partial charge < -0.3 is 9.62 Å². The van der Waals surface area contributed by atoms with Crippen molar-refractivity contribution in [3.05, 3.63) is 95.3 Å². The number of rotatable bonds is 8. The van der Waals surface area contributed by atoms with Gasteiger partial charge in [-0.3, -0.25) is 9.98 Å². The van der Waals surface area contributed by atoms with Crippen molar-refractivity contribution in [2.45, 2.75) is 44.4 Å². The minimum atomic E-state index is 0.132. The molecule has 0 bridgehead atoms. The molecule has 1 N–H and O–H groups in total. The lowest BCUT2D eigenvalue weighted by Crippen LogP contribution is -2.27. The standard InChI is InChI=1S/C28H33ClN4S/c1-7-17-31-27(26-10-8-9-18-30-26)33(6)20(2)24-19-22(29)13-16-25(24)32-34-23-14-11-21(12-15-23)28(3,4)5/h8-16,18-19,32H,2,7,17H2,1,3-6H3. The third kappa shape index (κ3) is 6.64. The van der Waals surface area contributed by atoms with Crippen molar-refractivity contribution in [1.29, 1.82) is 0 Å². The van der Waals surface area contributed by atoms with Crippen LogP contribution >= 0.6 is 23.5 Å². The van der Waals surface area contributed by atoms with Crippen LogP contribution in [0.15, 0.2) is 83.3 Å². The highest BCUT2D eigenvalue weighted by molar-refractivity contribution is 8.00. The van der Waals surface area contributed by atoms with Crippen LogP contribution < -0.4 is 4.72 Å². The molecule has 0 fully saturated rings. The summed E-state index contributed by atoms with van der Waals surface area (Å²) in [6, 6.07) is 20.3. The largest absolute Gasteiger partial charge is 0.328 e. The monoisotopic (exact) mass is 492 g/mol. The second-order valence-electron chi connectivity index (χ2n) is 9.09. The number of hydrogen-bond acceptors (Lipinski definition) is 4. The molecule has 0 aliphatic heterocycles. The lowest BCUT2D eigenvalue weighted by Gasteiger charge is -2.25. The second kappa shape index (κ2) is 11.6. The smallest absolute Gasteiger partial charge is 0.154 e. The van der Waals surface area contributed by atoms with E-state index in [-0.39, 0.29) is 5.41 Å². The van der Waals surface area contributed by atoms with E-state index in [1.807, 2.05) is 48.3 Å². The topological polar surface area (TPSA) is 40.5 Å². The van der Waals surface area contributed by atoms with Crippen molar-refractivity contribution in [2.24, 2.45) is 4.99 Å². The van der Waals surface area contributed by atoms with Gasteiger partial charge in [0.1, 0.15) is 5.69 Å². The number of nitrogens with one attached hydrogen (secondary N) is 1. The molecule has 0 amide bonds. The molecule has 0 aliphatic rings. The minimum absolute atomic E-state index is 0.132. The molecule has 0 unspecified atom stereocenters. The molecule has 0 saturated carbocycles. The molecular weight excluding hydrogens is 460 g/mol. The van der Waals surface area contributed by atoms with Gasteiger partial charge in [-0.15, -0.1) is 0 Å². The highest BCUT2D eigenvalue weighted by Gasteiger charge is 2.18. The maximum Gasteiger partial charge on any atom is 0.154 e. The Labute approximate surface area is 213 Å². The summed E-state index contributed by atoms with van der Waals surface area (Å²) >= 11 is 7.95.